The van der Waals surface area contributed by atoms with Crippen molar-refractivity contribution in [3.63, 3.8) is 0 Å². The van der Waals surface area contributed by atoms with Gasteiger partial charge in [0.15, 0.2) is 0 Å². The van der Waals surface area contributed by atoms with Crippen molar-refractivity contribution in [2.45, 2.75) is 13.8 Å². The largest absolute Gasteiger partial charge is 0.277 e. The number of rotatable bonds is 1. The molecule has 2 amide bonds. The molecule has 0 N–H and O–H groups in total. The van der Waals surface area contributed by atoms with Gasteiger partial charge in [-0.15, -0.1) is 9.24 Å². The minimum atomic E-state index is -0.235. The quantitative estimate of drug-likeness (QED) is 0.398. The lowest BCUT2D eigenvalue weighted by Crippen LogP contribution is -2.24. The van der Waals surface area contributed by atoms with Gasteiger partial charge in [-0.2, -0.15) is 0 Å². The highest BCUT2D eigenvalue weighted by molar-refractivity contribution is 7.15. The van der Waals surface area contributed by atoms with Crippen LogP contribution in [0.5, 0.6) is 0 Å². The van der Waals surface area contributed by atoms with Crippen molar-refractivity contribution < 1.29 is 9.59 Å². The first-order valence-electron chi connectivity index (χ1n) is 5.03. The van der Waals surface area contributed by atoms with Gasteiger partial charge in [-0.25, -0.2) is 0 Å². The maximum absolute atomic E-state index is 11.6. The SMILES string of the molecule is CP.C\C=C/C=C1/C(=O)N(C)C(=O)/C1=C/C. The normalized spacial score (nSPS) is 20.9. The molecule has 16 heavy (non-hydrogen) atoms. The van der Waals surface area contributed by atoms with E-state index in [1.54, 1.807) is 25.2 Å². The van der Waals surface area contributed by atoms with Gasteiger partial charge < -0.3 is 0 Å². The fourth-order valence-electron chi connectivity index (χ4n) is 1.32. The maximum Gasteiger partial charge on any atom is 0.261 e. The van der Waals surface area contributed by atoms with Crippen molar-refractivity contribution in [3.05, 3.63) is 35.5 Å². The Labute approximate surface area is 99.1 Å². The number of carbonyl (C=O) groups is 2. The van der Waals surface area contributed by atoms with Crippen LogP contribution in [0.3, 0.4) is 0 Å². The van der Waals surface area contributed by atoms with Crippen LogP contribution in [0.25, 0.3) is 0 Å². The predicted molar refractivity (Wildman–Crippen MR) is 70.1 cm³/mol. The first-order valence-corrected chi connectivity index (χ1v) is 6.18. The second kappa shape index (κ2) is 7.13. The molecule has 0 radical (unpaired) electrons. The highest BCUT2D eigenvalue weighted by atomic mass is 31.0. The summed E-state index contributed by atoms with van der Waals surface area (Å²) in [7, 11) is 3.91. The van der Waals surface area contributed by atoms with Gasteiger partial charge in [0.25, 0.3) is 11.8 Å². The van der Waals surface area contributed by atoms with Crippen LogP contribution in [-0.4, -0.2) is 30.4 Å². The molecule has 0 aliphatic carbocycles. The number of likely N-dealkylation sites (tertiary alicyclic amines) is 1. The van der Waals surface area contributed by atoms with Crippen LogP contribution in [0.4, 0.5) is 0 Å². The maximum atomic E-state index is 11.6. The van der Waals surface area contributed by atoms with E-state index in [0.717, 1.165) is 4.90 Å². The second-order valence-electron chi connectivity index (χ2n) is 2.98. The van der Waals surface area contributed by atoms with E-state index in [1.807, 2.05) is 19.7 Å². The lowest BCUT2D eigenvalue weighted by molar-refractivity contribution is -0.134. The minimum Gasteiger partial charge on any atom is -0.277 e. The Morgan fingerprint density at radius 1 is 1.06 bits per heavy atom. The topological polar surface area (TPSA) is 37.4 Å². The van der Waals surface area contributed by atoms with Gasteiger partial charge in [-0.3, -0.25) is 14.5 Å². The van der Waals surface area contributed by atoms with Crippen molar-refractivity contribution in [2.24, 2.45) is 0 Å². The Morgan fingerprint density at radius 2 is 1.56 bits per heavy atom. The van der Waals surface area contributed by atoms with Crippen LogP contribution in [0.1, 0.15) is 13.8 Å². The average molecular weight is 239 g/mol. The first-order chi connectivity index (χ1) is 7.63. The van der Waals surface area contributed by atoms with Crippen LogP contribution < -0.4 is 0 Å². The minimum absolute atomic E-state index is 0.228. The summed E-state index contributed by atoms with van der Waals surface area (Å²) in [5.74, 6) is -0.463. The molecular formula is C12H18NO2P. The smallest absolute Gasteiger partial charge is 0.261 e. The average Bonchev–Trinajstić information content (AvgIpc) is 2.53. The lowest BCUT2D eigenvalue weighted by atomic mass is 10.1. The summed E-state index contributed by atoms with van der Waals surface area (Å²) in [5.41, 5.74) is 0.953. The third-order valence-electron chi connectivity index (χ3n) is 2.10. The van der Waals surface area contributed by atoms with Crippen molar-refractivity contribution in [3.8, 4) is 0 Å². The monoisotopic (exact) mass is 239 g/mol. The molecule has 1 fully saturated rings. The zero-order valence-electron chi connectivity index (χ0n) is 10.2. The van der Waals surface area contributed by atoms with E-state index in [1.165, 1.54) is 7.05 Å². The number of imide groups is 1. The molecule has 4 heteroatoms. The summed E-state index contributed by atoms with van der Waals surface area (Å²) in [6.07, 6.45) is 6.90. The molecule has 1 rings (SSSR count). The zero-order chi connectivity index (χ0) is 12.7. The summed E-state index contributed by atoms with van der Waals surface area (Å²) < 4.78 is 0. The number of hydrogen-bond acceptors (Lipinski definition) is 2. The van der Waals surface area contributed by atoms with E-state index in [9.17, 15) is 9.59 Å². The molecule has 0 aromatic heterocycles. The molecule has 0 aromatic carbocycles. The summed E-state index contributed by atoms with van der Waals surface area (Å²) in [4.78, 5) is 24.2. The highest BCUT2D eigenvalue weighted by Crippen LogP contribution is 2.23. The van der Waals surface area contributed by atoms with Crippen molar-refractivity contribution in [1.29, 1.82) is 0 Å². The molecule has 0 spiro atoms. The van der Waals surface area contributed by atoms with E-state index in [0.29, 0.717) is 11.1 Å². The Kier molecular flexibility index (Phi) is 6.59. The van der Waals surface area contributed by atoms with Gasteiger partial charge in [0.05, 0.1) is 5.57 Å². The Balaban J connectivity index is 0.00000106. The van der Waals surface area contributed by atoms with E-state index in [2.05, 4.69) is 9.24 Å². The summed E-state index contributed by atoms with van der Waals surface area (Å²) in [5, 5.41) is 0. The zero-order valence-corrected chi connectivity index (χ0v) is 11.3. The lowest BCUT2D eigenvalue weighted by Gasteiger charge is -2.01. The fourth-order valence-corrected chi connectivity index (χ4v) is 1.32. The van der Waals surface area contributed by atoms with E-state index in [-0.39, 0.29) is 11.8 Å². The van der Waals surface area contributed by atoms with Gasteiger partial charge in [0.1, 0.15) is 0 Å². The number of amides is 2. The van der Waals surface area contributed by atoms with Gasteiger partial charge >= 0.3 is 0 Å². The molecule has 0 saturated carbocycles. The number of hydrogen-bond donors (Lipinski definition) is 0. The van der Waals surface area contributed by atoms with E-state index >= 15 is 0 Å². The van der Waals surface area contributed by atoms with Crippen LogP contribution in [-0.2, 0) is 9.59 Å². The molecule has 1 saturated heterocycles. The molecule has 3 nitrogen and oxygen atoms in total. The van der Waals surface area contributed by atoms with Crippen molar-refractivity contribution in [2.75, 3.05) is 13.7 Å². The van der Waals surface area contributed by atoms with Gasteiger partial charge in [-0.1, -0.05) is 24.9 Å². The van der Waals surface area contributed by atoms with E-state index in [4.69, 9.17) is 0 Å². The summed E-state index contributed by atoms with van der Waals surface area (Å²) in [6, 6.07) is 0. The van der Waals surface area contributed by atoms with Crippen molar-refractivity contribution in [1.82, 2.24) is 4.90 Å². The predicted octanol–water partition coefficient (Wildman–Crippen LogP) is 1.93. The van der Waals surface area contributed by atoms with Crippen LogP contribution in [0.2, 0.25) is 0 Å². The highest BCUT2D eigenvalue weighted by Gasteiger charge is 2.34. The molecule has 88 valence electrons. The molecule has 1 atom stereocenters. The molecular weight excluding hydrogens is 221 g/mol. The van der Waals surface area contributed by atoms with Gasteiger partial charge in [-0.05, 0) is 19.9 Å². The van der Waals surface area contributed by atoms with Gasteiger partial charge in [0.2, 0.25) is 0 Å². The molecule has 1 aliphatic rings. The van der Waals surface area contributed by atoms with Gasteiger partial charge in [0, 0.05) is 12.6 Å². The van der Waals surface area contributed by atoms with Crippen LogP contribution >= 0.6 is 9.24 Å². The number of likely N-dealkylation sites (N-methyl/N-ethyl adjacent to an activating group) is 1. The second-order valence-corrected chi connectivity index (χ2v) is 2.98. The Bertz CT molecular complexity index is 367. The summed E-state index contributed by atoms with van der Waals surface area (Å²) in [6.45, 7) is 5.53. The third kappa shape index (κ3) is 2.89. The molecule has 1 aliphatic heterocycles. The Hall–Kier alpha value is -1.21. The van der Waals surface area contributed by atoms with Crippen molar-refractivity contribution >= 4 is 21.1 Å². The fraction of sp³-hybridized carbons (Fsp3) is 0.333. The first kappa shape index (κ1) is 14.8. The number of nitrogens with zero attached hydrogens (tertiary/aromatic N) is 1. The third-order valence-corrected chi connectivity index (χ3v) is 2.10. The number of allylic oxidation sites excluding steroid dienone is 4. The molecule has 1 unspecified atom stereocenters. The number of carbonyl (C=O) groups excluding carboxylic acids is 2. The molecule has 0 aromatic rings. The van der Waals surface area contributed by atoms with Crippen LogP contribution in [0.15, 0.2) is 35.5 Å². The Morgan fingerprint density at radius 3 is 2.00 bits per heavy atom. The summed E-state index contributed by atoms with van der Waals surface area (Å²) >= 11 is 0. The standard InChI is InChI=1S/C11H13NO2.CH5P/c1-4-6-7-9-8(5-2)10(13)12(3)11(9)14;1-2/h4-7H,1-3H3;2H2,1H3/b6-4-,8-5+,9-7+;. The van der Waals surface area contributed by atoms with Crippen LogP contribution in [0, 0.1) is 0 Å². The molecule has 0 bridgehead atoms. The van der Waals surface area contributed by atoms with E-state index < -0.39 is 0 Å². The molecule has 1 heterocycles.